The summed E-state index contributed by atoms with van der Waals surface area (Å²) in [6.45, 7) is 3.18. The molecule has 2 N–H and O–H groups in total. The number of nitrogens with one attached hydrogen (secondary N) is 2. The molecule has 6 heteroatoms. The third-order valence-electron chi connectivity index (χ3n) is 3.68. The maximum absolute atomic E-state index is 12.3. The van der Waals surface area contributed by atoms with Crippen molar-refractivity contribution in [3.8, 4) is 0 Å². The highest BCUT2D eigenvalue weighted by molar-refractivity contribution is 5.83. The normalized spacial score (nSPS) is 21.9. The minimum atomic E-state index is -4.28. The summed E-state index contributed by atoms with van der Waals surface area (Å²) in [6, 6.07) is 1.70. The molecule has 0 unspecified atom stereocenters. The molecule has 0 aromatic carbocycles. The SMILES string of the molecule is CC(C)[C@H]1C[C@@H]1c1cnc(C=N)c(NCC(F)(F)F)c1. The second-order valence-electron chi connectivity index (χ2n) is 5.56. The summed E-state index contributed by atoms with van der Waals surface area (Å²) < 4.78 is 36.8. The molecule has 1 fully saturated rings. The van der Waals surface area contributed by atoms with E-state index in [-0.39, 0.29) is 11.4 Å². The molecule has 110 valence electrons. The fourth-order valence-electron chi connectivity index (χ4n) is 2.48. The van der Waals surface area contributed by atoms with Gasteiger partial charge in [-0.05, 0) is 35.8 Å². The lowest BCUT2D eigenvalue weighted by atomic mass is 10.0. The van der Waals surface area contributed by atoms with Crippen molar-refractivity contribution in [2.75, 3.05) is 11.9 Å². The number of nitrogens with zero attached hydrogens (tertiary/aromatic N) is 1. The number of hydrogen-bond acceptors (Lipinski definition) is 3. The monoisotopic (exact) mass is 285 g/mol. The van der Waals surface area contributed by atoms with Gasteiger partial charge in [-0.3, -0.25) is 4.98 Å². The Morgan fingerprint density at radius 3 is 2.70 bits per heavy atom. The predicted octanol–water partition coefficient (Wildman–Crippen LogP) is 3.81. The van der Waals surface area contributed by atoms with Gasteiger partial charge in [0.2, 0.25) is 0 Å². The molecule has 1 aliphatic carbocycles. The minimum Gasteiger partial charge on any atom is -0.375 e. The van der Waals surface area contributed by atoms with Crippen molar-refractivity contribution in [2.24, 2.45) is 11.8 Å². The lowest BCUT2D eigenvalue weighted by Crippen LogP contribution is -2.22. The summed E-state index contributed by atoms with van der Waals surface area (Å²) >= 11 is 0. The highest BCUT2D eigenvalue weighted by atomic mass is 19.4. The van der Waals surface area contributed by atoms with E-state index in [1.54, 1.807) is 12.3 Å². The molecule has 0 saturated heterocycles. The Bertz CT molecular complexity index is 497. The Labute approximate surface area is 116 Å². The number of rotatable bonds is 5. The van der Waals surface area contributed by atoms with E-state index in [4.69, 9.17) is 5.41 Å². The zero-order valence-corrected chi connectivity index (χ0v) is 11.5. The van der Waals surface area contributed by atoms with Crippen LogP contribution >= 0.6 is 0 Å². The molecule has 1 heterocycles. The van der Waals surface area contributed by atoms with E-state index in [1.807, 2.05) is 0 Å². The Morgan fingerprint density at radius 1 is 1.50 bits per heavy atom. The Balaban J connectivity index is 2.15. The van der Waals surface area contributed by atoms with Crippen molar-refractivity contribution >= 4 is 11.9 Å². The van der Waals surface area contributed by atoms with Gasteiger partial charge in [0.1, 0.15) is 12.2 Å². The first-order valence-corrected chi connectivity index (χ1v) is 6.63. The summed E-state index contributed by atoms with van der Waals surface area (Å²) in [5, 5.41) is 9.54. The van der Waals surface area contributed by atoms with Crippen LogP contribution in [0, 0.1) is 17.2 Å². The molecule has 2 rings (SSSR count). The highest BCUT2D eigenvalue weighted by Gasteiger charge is 2.40. The van der Waals surface area contributed by atoms with Gasteiger partial charge in [-0.15, -0.1) is 0 Å². The quantitative estimate of drug-likeness (QED) is 0.808. The third kappa shape index (κ3) is 3.49. The molecule has 0 radical (unpaired) electrons. The van der Waals surface area contributed by atoms with Gasteiger partial charge in [0.15, 0.2) is 0 Å². The molecular formula is C14H18F3N3. The van der Waals surface area contributed by atoms with Crippen LogP contribution in [0.5, 0.6) is 0 Å². The molecule has 2 atom stereocenters. The largest absolute Gasteiger partial charge is 0.405 e. The molecule has 0 bridgehead atoms. The van der Waals surface area contributed by atoms with Gasteiger partial charge in [0.05, 0.1) is 5.69 Å². The van der Waals surface area contributed by atoms with Crippen molar-refractivity contribution in [3.63, 3.8) is 0 Å². The van der Waals surface area contributed by atoms with Crippen LogP contribution in [0.15, 0.2) is 12.3 Å². The van der Waals surface area contributed by atoms with E-state index >= 15 is 0 Å². The first-order chi connectivity index (χ1) is 9.31. The molecule has 0 aliphatic heterocycles. The average molecular weight is 285 g/mol. The van der Waals surface area contributed by atoms with Gasteiger partial charge < -0.3 is 10.7 Å². The average Bonchev–Trinajstić information content (AvgIpc) is 3.15. The Hall–Kier alpha value is -1.59. The summed E-state index contributed by atoms with van der Waals surface area (Å²) in [7, 11) is 0. The van der Waals surface area contributed by atoms with Crippen LogP contribution < -0.4 is 5.32 Å². The van der Waals surface area contributed by atoms with Gasteiger partial charge in [-0.2, -0.15) is 13.2 Å². The van der Waals surface area contributed by atoms with Crippen LogP contribution in [-0.2, 0) is 0 Å². The Morgan fingerprint density at radius 2 is 2.20 bits per heavy atom. The van der Waals surface area contributed by atoms with Crippen LogP contribution in [-0.4, -0.2) is 23.9 Å². The van der Waals surface area contributed by atoms with Crippen LogP contribution in [0.1, 0.15) is 37.4 Å². The summed E-state index contributed by atoms with van der Waals surface area (Å²) in [5.74, 6) is 1.53. The van der Waals surface area contributed by atoms with Crippen molar-refractivity contribution < 1.29 is 13.2 Å². The second kappa shape index (κ2) is 5.42. The first kappa shape index (κ1) is 14.8. The molecule has 0 spiro atoms. The topological polar surface area (TPSA) is 48.8 Å². The zero-order chi connectivity index (χ0) is 14.9. The fourth-order valence-corrected chi connectivity index (χ4v) is 2.48. The van der Waals surface area contributed by atoms with Gasteiger partial charge in [0, 0.05) is 12.4 Å². The van der Waals surface area contributed by atoms with E-state index in [1.165, 1.54) is 0 Å². The van der Waals surface area contributed by atoms with E-state index in [9.17, 15) is 13.2 Å². The molecule has 1 aromatic rings. The van der Waals surface area contributed by atoms with Crippen molar-refractivity contribution in [1.29, 1.82) is 5.41 Å². The van der Waals surface area contributed by atoms with Crippen molar-refractivity contribution in [1.82, 2.24) is 4.98 Å². The summed E-state index contributed by atoms with van der Waals surface area (Å²) in [5.41, 5.74) is 1.47. The molecular weight excluding hydrogens is 267 g/mol. The third-order valence-corrected chi connectivity index (χ3v) is 3.68. The van der Waals surface area contributed by atoms with E-state index in [0.29, 0.717) is 17.8 Å². The van der Waals surface area contributed by atoms with E-state index < -0.39 is 12.7 Å². The van der Waals surface area contributed by atoms with Gasteiger partial charge >= 0.3 is 6.18 Å². The Kier molecular flexibility index (Phi) is 4.01. The number of aromatic nitrogens is 1. The predicted molar refractivity (Wildman–Crippen MR) is 72.4 cm³/mol. The molecule has 1 saturated carbocycles. The number of alkyl halides is 3. The van der Waals surface area contributed by atoms with Crippen LogP contribution in [0.3, 0.4) is 0 Å². The van der Waals surface area contributed by atoms with E-state index in [2.05, 4.69) is 24.1 Å². The molecule has 20 heavy (non-hydrogen) atoms. The van der Waals surface area contributed by atoms with Gasteiger partial charge in [0.25, 0.3) is 0 Å². The van der Waals surface area contributed by atoms with Gasteiger partial charge in [-0.1, -0.05) is 13.8 Å². The van der Waals surface area contributed by atoms with Gasteiger partial charge in [-0.25, -0.2) is 0 Å². The number of halogens is 3. The van der Waals surface area contributed by atoms with Crippen LogP contribution in [0.25, 0.3) is 0 Å². The number of hydrogen-bond donors (Lipinski definition) is 2. The minimum absolute atomic E-state index is 0.236. The lowest BCUT2D eigenvalue weighted by Gasteiger charge is -2.13. The van der Waals surface area contributed by atoms with Crippen molar-refractivity contribution in [2.45, 2.75) is 32.4 Å². The molecule has 3 nitrogen and oxygen atoms in total. The first-order valence-electron chi connectivity index (χ1n) is 6.63. The molecule has 0 amide bonds. The van der Waals surface area contributed by atoms with Crippen LogP contribution in [0.2, 0.25) is 0 Å². The fraction of sp³-hybridized carbons (Fsp3) is 0.571. The molecule has 1 aromatic heterocycles. The van der Waals surface area contributed by atoms with Crippen molar-refractivity contribution in [3.05, 3.63) is 23.5 Å². The molecule has 1 aliphatic rings. The maximum Gasteiger partial charge on any atom is 0.405 e. The smallest absolute Gasteiger partial charge is 0.375 e. The number of anilines is 1. The highest BCUT2D eigenvalue weighted by Crippen LogP contribution is 2.51. The lowest BCUT2D eigenvalue weighted by molar-refractivity contribution is -0.115. The standard InChI is InChI=1S/C14H18F3N3/c1-8(2)10-4-11(10)9-3-12(13(5-18)19-6-9)20-7-14(15,16)17/h3,5-6,8,10-11,18,20H,4,7H2,1-2H3/t10-,11-/m1/s1. The second-order valence-corrected chi connectivity index (χ2v) is 5.56. The maximum atomic E-state index is 12.3. The number of pyridine rings is 1. The summed E-state index contributed by atoms with van der Waals surface area (Å²) in [4.78, 5) is 4.08. The van der Waals surface area contributed by atoms with Crippen LogP contribution in [0.4, 0.5) is 18.9 Å². The van der Waals surface area contributed by atoms with E-state index in [0.717, 1.165) is 18.2 Å². The zero-order valence-electron chi connectivity index (χ0n) is 11.5. The summed E-state index contributed by atoms with van der Waals surface area (Å²) in [6.07, 6.45) is -0.584.